The maximum absolute atomic E-state index is 12.4. The van der Waals surface area contributed by atoms with E-state index >= 15 is 0 Å². The van der Waals surface area contributed by atoms with E-state index in [1.165, 1.54) is 0 Å². The predicted molar refractivity (Wildman–Crippen MR) is 79.2 cm³/mol. The zero-order chi connectivity index (χ0) is 15.4. The van der Waals surface area contributed by atoms with Crippen LogP contribution in [0.2, 0.25) is 0 Å². The number of benzene rings is 1. The number of fused-ring (bicyclic) bond motifs is 1. The fraction of sp³-hybridized carbons (Fsp3) is 0.400. The Kier molecular flexibility index (Phi) is 4.57. The molecule has 1 aromatic heterocycles. The normalized spacial score (nSPS) is 12.3. The Hall–Kier alpha value is -2.37. The van der Waals surface area contributed by atoms with Crippen LogP contribution in [0.25, 0.3) is 10.9 Å². The monoisotopic (exact) mass is 289 g/mol. The van der Waals surface area contributed by atoms with Crippen LogP contribution in [-0.4, -0.2) is 33.2 Å². The molecule has 0 saturated carbocycles. The van der Waals surface area contributed by atoms with E-state index < -0.39 is 17.9 Å². The molecule has 0 aliphatic carbocycles. The van der Waals surface area contributed by atoms with E-state index in [1.54, 1.807) is 12.3 Å². The highest BCUT2D eigenvalue weighted by Crippen LogP contribution is 2.18. The Morgan fingerprint density at radius 3 is 2.86 bits per heavy atom. The average molecular weight is 289 g/mol. The molecule has 3 N–H and O–H groups in total. The van der Waals surface area contributed by atoms with Crippen LogP contribution in [0.5, 0.6) is 0 Å². The van der Waals surface area contributed by atoms with Crippen LogP contribution in [0.15, 0.2) is 18.3 Å². The first kappa shape index (κ1) is 15.0. The highest BCUT2D eigenvalue weighted by atomic mass is 16.4. The van der Waals surface area contributed by atoms with Crippen molar-refractivity contribution in [2.45, 2.75) is 39.2 Å². The summed E-state index contributed by atoms with van der Waals surface area (Å²) in [5.74, 6) is -1.40. The van der Waals surface area contributed by atoms with E-state index in [2.05, 4.69) is 15.5 Å². The zero-order valence-electron chi connectivity index (χ0n) is 12.1. The van der Waals surface area contributed by atoms with Gasteiger partial charge in [0.1, 0.15) is 6.04 Å². The van der Waals surface area contributed by atoms with Crippen molar-refractivity contribution in [2.75, 3.05) is 0 Å². The van der Waals surface area contributed by atoms with Gasteiger partial charge in [0.15, 0.2) is 0 Å². The van der Waals surface area contributed by atoms with Gasteiger partial charge < -0.3 is 10.4 Å². The van der Waals surface area contributed by atoms with Gasteiger partial charge in [0.05, 0.1) is 17.3 Å². The minimum atomic E-state index is -1.01. The van der Waals surface area contributed by atoms with Gasteiger partial charge in [-0.05, 0) is 31.0 Å². The zero-order valence-corrected chi connectivity index (χ0v) is 12.1. The van der Waals surface area contributed by atoms with Crippen molar-refractivity contribution in [2.24, 2.45) is 0 Å². The molecule has 2 aromatic rings. The molecule has 0 radical (unpaired) electrons. The van der Waals surface area contributed by atoms with Crippen molar-refractivity contribution in [3.8, 4) is 0 Å². The van der Waals surface area contributed by atoms with E-state index in [4.69, 9.17) is 0 Å². The first-order chi connectivity index (χ1) is 10.0. The summed E-state index contributed by atoms with van der Waals surface area (Å²) in [6, 6.07) is 2.78. The van der Waals surface area contributed by atoms with E-state index in [9.17, 15) is 14.7 Å². The Balaban J connectivity index is 2.25. The summed E-state index contributed by atoms with van der Waals surface area (Å²) in [4.78, 5) is 23.6. The van der Waals surface area contributed by atoms with Gasteiger partial charge in [-0.3, -0.25) is 9.89 Å². The second-order valence-electron chi connectivity index (χ2n) is 5.15. The van der Waals surface area contributed by atoms with Gasteiger partial charge in [0.2, 0.25) is 0 Å². The van der Waals surface area contributed by atoms with Crippen molar-refractivity contribution < 1.29 is 14.7 Å². The molecule has 6 nitrogen and oxygen atoms in total. The van der Waals surface area contributed by atoms with Gasteiger partial charge in [-0.25, -0.2) is 4.79 Å². The van der Waals surface area contributed by atoms with Crippen LogP contribution in [0.1, 0.15) is 42.1 Å². The summed E-state index contributed by atoms with van der Waals surface area (Å²) in [5, 5.41) is 19.3. The number of aliphatic carboxylic acids is 1. The van der Waals surface area contributed by atoms with Crippen LogP contribution < -0.4 is 5.32 Å². The number of carboxylic acid groups (broad SMARTS) is 1. The van der Waals surface area contributed by atoms with Gasteiger partial charge in [0, 0.05) is 5.39 Å². The number of aryl methyl sites for hydroxylation is 1. The molecule has 1 amide bonds. The number of carbonyl (C=O) groups is 2. The average Bonchev–Trinajstić information content (AvgIpc) is 2.89. The van der Waals surface area contributed by atoms with Gasteiger partial charge in [-0.15, -0.1) is 0 Å². The van der Waals surface area contributed by atoms with Crippen LogP contribution >= 0.6 is 0 Å². The summed E-state index contributed by atoms with van der Waals surface area (Å²) in [6.07, 6.45) is 3.71. The van der Waals surface area contributed by atoms with E-state index in [0.29, 0.717) is 17.5 Å². The summed E-state index contributed by atoms with van der Waals surface area (Å²) < 4.78 is 0. The molecule has 1 heterocycles. The van der Waals surface area contributed by atoms with E-state index in [0.717, 1.165) is 23.8 Å². The van der Waals surface area contributed by atoms with Crippen LogP contribution in [-0.2, 0) is 4.79 Å². The first-order valence-corrected chi connectivity index (χ1v) is 7.00. The molecule has 0 unspecified atom stereocenters. The number of rotatable bonds is 6. The third kappa shape index (κ3) is 3.39. The summed E-state index contributed by atoms with van der Waals surface area (Å²) in [6.45, 7) is 3.87. The topological polar surface area (TPSA) is 95.1 Å². The minimum Gasteiger partial charge on any atom is -0.480 e. The van der Waals surface area contributed by atoms with Gasteiger partial charge in [0.25, 0.3) is 5.91 Å². The summed E-state index contributed by atoms with van der Waals surface area (Å²) >= 11 is 0. The number of nitrogens with one attached hydrogen (secondary N) is 2. The smallest absolute Gasteiger partial charge is 0.326 e. The van der Waals surface area contributed by atoms with Crippen LogP contribution in [0.4, 0.5) is 0 Å². The fourth-order valence-corrected chi connectivity index (χ4v) is 2.29. The number of unbranched alkanes of at least 4 members (excludes halogenated alkanes) is 1. The Morgan fingerprint density at radius 1 is 1.43 bits per heavy atom. The number of hydrogen-bond acceptors (Lipinski definition) is 3. The third-order valence-corrected chi connectivity index (χ3v) is 3.39. The Morgan fingerprint density at radius 2 is 2.19 bits per heavy atom. The quantitative estimate of drug-likeness (QED) is 0.760. The lowest BCUT2D eigenvalue weighted by Crippen LogP contribution is -2.40. The second-order valence-corrected chi connectivity index (χ2v) is 5.15. The molecular weight excluding hydrogens is 270 g/mol. The molecule has 0 aliphatic heterocycles. The Labute approximate surface area is 122 Å². The van der Waals surface area contributed by atoms with Gasteiger partial charge >= 0.3 is 5.97 Å². The maximum atomic E-state index is 12.4. The largest absolute Gasteiger partial charge is 0.480 e. The Bertz CT molecular complexity index is 663. The molecule has 0 bridgehead atoms. The standard InChI is InChI=1S/C15H19N3O3/c1-3-4-5-12(15(20)21)17-14(19)11-7-9(2)6-10-8-16-18-13(10)11/h6-8,12H,3-5H2,1-2H3,(H,16,18)(H,17,19)(H,20,21)/t12-/m0/s1. The maximum Gasteiger partial charge on any atom is 0.326 e. The molecule has 6 heteroatoms. The lowest BCUT2D eigenvalue weighted by molar-refractivity contribution is -0.139. The third-order valence-electron chi connectivity index (χ3n) is 3.39. The molecule has 0 aliphatic rings. The lowest BCUT2D eigenvalue weighted by Gasteiger charge is -2.14. The molecule has 0 spiro atoms. The number of amides is 1. The minimum absolute atomic E-state index is 0.392. The molecule has 1 atom stereocenters. The van der Waals surface area contributed by atoms with Crippen LogP contribution in [0, 0.1) is 6.92 Å². The predicted octanol–water partition coefficient (Wildman–Crippen LogP) is 2.24. The van der Waals surface area contributed by atoms with Gasteiger partial charge in [-0.1, -0.05) is 19.8 Å². The highest BCUT2D eigenvalue weighted by Gasteiger charge is 2.21. The SMILES string of the molecule is CCCC[C@H](NC(=O)c1cc(C)cc2cn[nH]c12)C(=O)O. The van der Waals surface area contributed by atoms with Crippen molar-refractivity contribution in [3.05, 3.63) is 29.5 Å². The van der Waals surface area contributed by atoms with Crippen LogP contribution in [0.3, 0.4) is 0 Å². The van der Waals surface area contributed by atoms with Crippen molar-refractivity contribution in [1.82, 2.24) is 15.5 Å². The molecule has 0 fully saturated rings. The molecule has 0 saturated heterocycles. The second kappa shape index (κ2) is 6.39. The molecular formula is C15H19N3O3. The molecule has 2 rings (SSSR count). The lowest BCUT2D eigenvalue weighted by atomic mass is 10.1. The summed E-state index contributed by atoms with van der Waals surface area (Å²) in [7, 11) is 0. The molecule has 112 valence electrons. The first-order valence-electron chi connectivity index (χ1n) is 7.00. The number of aromatic nitrogens is 2. The van der Waals surface area contributed by atoms with E-state index in [1.807, 2.05) is 19.9 Å². The summed E-state index contributed by atoms with van der Waals surface area (Å²) in [5.41, 5.74) is 1.97. The number of hydrogen-bond donors (Lipinski definition) is 3. The van der Waals surface area contributed by atoms with Crippen molar-refractivity contribution in [1.29, 1.82) is 0 Å². The van der Waals surface area contributed by atoms with E-state index in [-0.39, 0.29) is 0 Å². The number of H-pyrrole nitrogens is 1. The van der Waals surface area contributed by atoms with Crippen molar-refractivity contribution in [3.63, 3.8) is 0 Å². The fourth-order valence-electron chi connectivity index (χ4n) is 2.29. The number of aromatic amines is 1. The number of carbonyl (C=O) groups excluding carboxylic acids is 1. The highest BCUT2D eigenvalue weighted by molar-refractivity contribution is 6.06. The molecule has 21 heavy (non-hydrogen) atoms. The number of nitrogens with zero attached hydrogens (tertiary/aromatic N) is 1. The van der Waals surface area contributed by atoms with Gasteiger partial charge in [-0.2, -0.15) is 5.10 Å². The van der Waals surface area contributed by atoms with Crippen molar-refractivity contribution >= 4 is 22.8 Å². The molecule has 1 aromatic carbocycles. The number of carboxylic acids is 1.